The van der Waals surface area contributed by atoms with E-state index in [4.69, 9.17) is 14.6 Å². The lowest BCUT2D eigenvalue weighted by molar-refractivity contribution is -0.137. The molecule has 0 fully saturated rings. The second kappa shape index (κ2) is 6.97. The molecule has 5 heteroatoms. The minimum atomic E-state index is -1.11. The fraction of sp³-hybridized carbons (Fsp3) is 0.500. The number of alkyl halides is 1. The Morgan fingerprint density at radius 1 is 1.37 bits per heavy atom. The Balaban J connectivity index is 3.03. The SMILES string of the molecule is COc1cc(C(C)F)cc(CCCC(=O)O)c1OC. The van der Waals surface area contributed by atoms with Crippen molar-refractivity contribution in [3.63, 3.8) is 0 Å². The van der Waals surface area contributed by atoms with E-state index < -0.39 is 12.1 Å². The van der Waals surface area contributed by atoms with E-state index in [0.717, 1.165) is 5.56 Å². The van der Waals surface area contributed by atoms with E-state index in [9.17, 15) is 9.18 Å². The summed E-state index contributed by atoms with van der Waals surface area (Å²) in [5.41, 5.74) is 1.27. The second-order valence-electron chi connectivity index (χ2n) is 4.28. The molecule has 1 aromatic rings. The van der Waals surface area contributed by atoms with Crippen LogP contribution < -0.4 is 9.47 Å². The van der Waals surface area contributed by atoms with Crippen LogP contribution in [0.4, 0.5) is 4.39 Å². The minimum absolute atomic E-state index is 0.0703. The fourth-order valence-electron chi connectivity index (χ4n) is 1.91. The van der Waals surface area contributed by atoms with Crippen molar-refractivity contribution in [1.82, 2.24) is 0 Å². The summed E-state index contributed by atoms with van der Waals surface area (Å²) in [6, 6.07) is 3.30. The molecule has 0 saturated carbocycles. The number of hydrogen-bond acceptors (Lipinski definition) is 3. The molecule has 0 aliphatic heterocycles. The Morgan fingerprint density at radius 3 is 2.53 bits per heavy atom. The van der Waals surface area contributed by atoms with E-state index >= 15 is 0 Å². The molecule has 0 radical (unpaired) electrons. The number of methoxy groups -OCH3 is 2. The van der Waals surface area contributed by atoms with Crippen LogP contribution in [0.5, 0.6) is 11.5 Å². The molecule has 1 N–H and O–H groups in total. The fourth-order valence-corrected chi connectivity index (χ4v) is 1.91. The summed E-state index contributed by atoms with van der Waals surface area (Å²) in [6.07, 6.45) is -0.0651. The average molecular weight is 270 g/mol. The van der Waals surface area contributed by atoms with Crippen LogP contribution in [0.2, 0.25) is 0 Å². The van der Waals surface area contributed by atoms with Gasteiger partial charge in [0.1, 0.15) is 6.17 Å². The van der Waals surface area contributed by atoms with Crippen LogP contribution in [-0.4, -0.2) is 25.3 Å². The third kappa shape index (κ3) is 4.12. The monoisotopic (exact) mass is 270 g/mol. The minimum Gasteiger partial charge on any atom is -0.493 e. The number of rotatable bonds is 7. The van der Waals surface area contributed by atoms with Crippen LogP contribution >= 0.6 is 0 Å². The van der Waals surface area contributed by atoms with Gasteiger partial charge in [-0.1, -0.05) is 0 Å². The highest BCUT2D eigenvalue weighted by molar-refractivity contribution is 5.66. The molecule has 0 saturated heterocycles. The lowest BCUT2D eigenvalue weighted by atomic mass is 10.0. The lowest BCUT2D eigenvalue weighted by Crippen LogP contribution is -2.01. The van der Waals surface area contributed by atoms with E-state index in [1.54, 1.807) is 12.1 Å². The van der Waals surface area contributed by atoms with Crippen LogP contribution in [0.1, 0.15) is 37.1 Å². The van der Waals surface area contributed by atoms with Gasteiger partial charge < -0.3 is 14.6 Å². The molecular formula is C14H19FO4. The first-order valence-electron chi connectivity index (χ1n) is 6.10. The average Bonchev–Trinajstić information content (AvgIpc) is 2.37. The summed E-state index contributed by atoms with van der Waals surface area (Å²) in [4.78, 5) is 10.5. The van der Waals surface area contributed by atoms with Crippen molar-refractivity contribution in [3.05, 3.63) is 23.3 Å². The highest BCUT2D eigenvalue weighted by Crippen LogP contribution is 2.36. The molecule has 0 aliphatic rings. The van der Waals surface area contributed by atoms with E-state index in [1.807, 2.05) is 0 Å². The van der Waals surface area contributed by atoms with E-state index in [0.29, 0.717) is 29.9 Å². The number of carbonyl (C=O) groups is 1. The number of carboxylic acids is 1. The van der Waals surface area contributed by atoms with E-state index in [2.05, 4.69) is 0 Å². The Morgan fingerprint density at radius 2 is 2.05 bits per heavy atom. The molecule has 0 amide bonds. The van der Waals surface area contributed by atoms with Gasteiger partial charge in [-0.3, -0.25) is 4.79 Å². The van der Waals surface area contributed by atoms with Crippen molar-refractivity contribution in [1.29, 1.82) is 0 Å². The first-order chi connectivity index (χ1) is 8.99. The molecule has 0 spiro atoms. The number of hydrogen-bond donors (Lipinski definition) is 1. The van der Waals surface area contributed by atoms with E-state index in [1.165, 1.54) is 21.1 Å². The lowest BCUT2D eigenvalue weighted by Gasteiger charge is -2.15. The Labute approximate surface area is 112 Å². The number of ether oxygens (including phenoxy) is 2. The summed E-state index contributed by atoms with van der Waals surface area (Å²) in [6.45, 7) is 1.45. The maximum absolute atomic E-state index is 13.4. The van der Waals surface area contributed by atoms with Gasteiger partial charge in [0.05, 0.1) is 14.2 Å². The van der Waals surface area contributed by atoms with Crippen molar-refractivity contribution in [3.8, 4) is 11.5 Å². The Kier molecular flexibility index (Phi) is 5.60. The molecule has 0 bridgehead atoms. The number of carboxylic acid groups (broad SMARTS) is 1. The number of aliphatic carboxylic acids is 1. The topological polar surface area (TPSA) is 55.8 Å². The van der Waals surface area contributed by atoms with Crippen molar-refractivity contribution in [2.24, 2.45) is 0 Å². The van der Waals surface area contributed by atoms with E-state index in [-0.39, 0.29) is 6.42 Å². The van der Waals surface area contributed by atoms with Crippen LogP contribution in [-0.2, 0) is 11.2 Å². The molecular weight excluding hydrogens is 251 g/mol. The zero-order valence-electron chi connectivity index (χ0n) is 11.4. The van der Waals surface area contributed by atoms with Gasteiger partial charge in [0.2, 0.25) is 0 Å². The number of aryl methyl sites for hydroxylation is 1. The van der Waals surface area contributed by atoms with Crippen LogP contribution in [0.15, 0.2) is 12.1 Å². The van der Waals surface area contributed by atoms with Gasteiger partial charge in [-0.05, 0) is 43.0 Å². The summed E-state index contributed by atoms with van der Waals surface area (Å²) < 4.78 is 23.9. The highest BCUT2D eigenvalue weighted by atomic mass is 19.1. The molecule has 1 aromatic carbocycles. The molecule has 1 unspecified atom stereocenters. The van der Waals surface area contributed by atoms with Crippen molar-refractivity contribution < 1.29 is 23.8 Å². The van der Waals surface area contributed by atoms with Crippen molar-refractivity contribution >= 4 is 5.97 Å². The maximum Gasteiger partial charge on any atom is 0.303 e. The molecule has 0 heterocycles. The van der Waals surface area contributed by atoms with Crippen LogP contribution in [0, 0.1) is 0 Å². The smallest absolute Gasteiger partial charge is 0.303 e. The summed E-state index contributed by atoms with van der Waals surface area (Å²) in [7, 11) is 3.00. The Bertz CT molecular complexity index is 443. The summed E-state index contributed by atoms with van der Waals surface area (Å²) in [5, 5.41) is 8.65. The molecule has 1 atom stereocenters. The normalized spacial score (nSPS) is 12.0. The molecule has 4 nitrogen and oxygen atoms in total. The molecule has 106 valence electrons. The zero-order chi connectivity index (χ0) is 14.4. The molecule has 1 rings (SSSR count). The Hall–Kier alpha value is -1.78. The van der Waals surface area contributed by atoms with Gasteiger partial charge in [0.15, 0.2) is 11.5 Å². The summed E-state index contributed by atoms with van der Waals surface area (Å²) >= 11 is 0. The van der Waals surface area contributed by atoms with Crippen LogP contribution in [0.25, 0.3) is 0 Å². The second-order valence-corrected chi connectivity index (χ2v) is 4.28. The highest BCUT2D eigenvalue weighted by Gasteiger charge is 2.15. The number of halogens is 1. The van der Waals surface area contributed by atoms with Gasteiger partial charge in [0.25, 0.3) is 0 Å². The van der Waals surface area contributed by atoms with Gasteiger partial charge in [0, 0.05) is 6.42 Å². The third-order valence-corrected chi connectivity index (χ3v) is 2.87. The maximum atomic E-state index is 13.4. The molecule has 0 aromatic heterocycles. The predicted octanol–water partition coefficient (Wildman–Crippen LogP) is 3.14. The van der Waals surface area contributed by atoms with Gasteiger partial charge in [-0.2, -0.15) is 0 Å². The summed E-state index contributed by atoms with van der Waals surface area (Å²) in [5.74, 6) is 0.160. The molecule has 19 heavy (non-hydrogen) atoms. The first-order valence-corrected chi connectivity index (χ1v) is 6.10. The van der Waals surface area contributed by atoms with Crippen molar-refractivity contribution in [2.75, 3.05) is 14.2 Å². The quantitative estimate of drug-likeness (QED) is 0.827. The van der Waals surface area contributed by atoms with Crippen molar-refractivity contribution in [2.45, 2.75) is 32.4 Å². The number of benzene rings is 1. The van der Waals surface area contributed by atoms with Crippen LogP contribution in [0.3, 0.4) is 0 Å². The first kappa shape index (κ1) is 15.3. The largest absolute Gasteiger partial charge is 0.493 e. The van der Waals surface area contributed by atoms with Gasteiger partial charge in [-0.15, -0.1) is 0 Å². The standard InChI is InChI=1S/C14H19FO4/c1-9(15)11-7-10(5-4-6-13(16)17)14(19-3)12(8-11)18-2/h7-9H,4-6H2,1-3H3,(H,16,17). The predicted molar refractivity (Wildman–Crippen MR) is 69.6 cm³/mol. The third-order valence-electron chi connectivity index (χ3n) is 2.87. The zero-order valence-corrected chi connectivity index (χ0v) is 11.4. The van der Waals surface area contributed by atoms with Gasteiger partial charge in [-0.25, -0.2) is 4.39 Å². The molecule has 0 aliphatic carbocycles. The van der Waals surface area contributed by atoms with Gasteiger partial charge >= 0.3 is 5.97 Å².